The van der Waals surface area contributed by atoms with Crippen LogP contribution in [-0.4, -0.2) is 33.7 Å². The van der Waals surface area contributed by atoms with E-state index in [1.54, 1.807) is 24.3 Å². The Labute approximate surface area is 160 Å². The molecule has 0 bridgehead atoms. The first kappa shape index (κ1) is 20.3. The van der Waals surface area contributed by atoms with Gasteiger partial charge >= 0.3 is 0 Å². The number of carbonyl (C=O) groups is 1. The van der Waals surface area contributed by atoms with E-state index < -0.39 is 10.0 Å². The van der Waals surface area contributed by atoms with Crippen molar-refractivity contribution in [2.75, 3.05) is 23.7 Å². The molecular weight excluding hydrogens is 372 g/mol. The molecule has 1 amide bonds. The minimum atomic E-state index is -3.44. The maximum absolute atomic E-state index is 12.0. The minimum absolute atomic E-state index is 0.0829. The molecule has 5 nitrogen and oxygen atoms in total. The third kappa shape index (κ3) is 6.69. The summed E-state index contributed by atoms with van der Waals surface area (Å²) < 4.78 is 25.3. The standard InChI is InChI=1S/C19H23ClN2O3S/c1-26(24,25)22(18-10-5-9-17(20)15-18)14-6-11-19(23)21-13-12-16-7-3-2-4-8-16/h2-5,7-10,15H,6,11-14H2,1H3,(H,21,23). The molecule has 2 aromatic rings. The fourth-order valence-corrected chi connectivity index (χ4v) is 3.72. The monoisotopic (exact) mass is 394 g/mol. The Hall–Kier alpha value is -2.05. The molecule has 0 radical (unpaired) electrons. The summed E-state index contributed by atoms with van der Waals surface area (Å²) in [6.45, 7) is 0.790. The van der Waals surface area contributed by atoms with Gasteiger partial charge in [0.25, 0.3) is 0 Å². The number of anilines is 1. The second-order valence-electron chi connectivity index (χ2n) is 6.00. The first-order chi connectivity index (χ1) is 12.4. The van der Waals surface area contributed by atoms with Crippen molar-refractivity contribution in [1.29, 1.82) is 0 Å². The second-order valence-corrected chi connectivity index (χ2v) is 8.35. The normalized spacial score (nSPS) is 11.2. The Bertz CT molecular complexity index is 826. The highest BCUT2D eigenvalue weighted by atomic mass is 35.5. The van der Waals surface area contributed by atoms with Crippen LogP contribution in [0.5, 0.6) is 0 Å². The maximum atomic E-state index is 12.0. The van der Waals surface area contributed by atoms with E-state index in [0.29, 0.717) is 23.7 Å². The van der Waals surface area contributed by atoms with Crippen LogP contribution in [0.3, 0.4) is 0 Å². The summed E-state index contributed by atoms with van der Waals surface area (Å²) in [5, 5.41) is 3.33. The molecule has 0 atom stereocenters. The van der Waals surface area contributed by atoms with Gasteiger partial charge in [-0.2, -0.15) is 0 Å². The Morgan fingerprint density at radius 2 is 1.85 bits per heavy atom. The molecule has 140 valence electrons. The van der Waals surface area contributed by atoms with Gasteiger partial charge in [0.1, 0.15) is 0 Å². The summed E-state index contributed by atoms with van der Waals surface area (Å²) in [6.07, 6.45) is 2.61. The van der Waals surface area contributed by atoms with Gasteiger partial charge in [-0.3, -0.25) is 9.10 Å². The highest BCUT2D eigenvalue weighted by Gasteiger charge is 2.17. The third-order valence-corrected chi connectivity index (χ3v) is 5.27. The summed E-state index contributed by atoms with van der Waals surface area (Å²) in [5.74, 6) is -0.0829. The van der Waals surface area contributed by atoms with Gasteiger partial charge in [0.15, 0.2) is 0 Å². The number of sulfonamides is 1. The van der Waals surface area contributed by atoms with E-state index >= 15 is 0 Å². The van der Waals surface area contributed by atoms with Crippen molar-refractivity contribution in [3.63, 3.8) is 0 Å². The van der Waals surface area contributed by atoms with Crippen LogP contribution in [0.15, 0.2) is 54.6 Å². The molecule has 0 saturated carbocycles. The van der Waals surface area contributed by atoms with E-state index in [0.717, 1.165) is 18.2 Å². The number of amides is 1. The molecule has 0 fully saturated rings. The Morgan fingerprint density at radius 1 is 1.12 bits per heavy atom. The van der Waals surface area contributed by atoms with Crippen molar-refractivity contribution in [3.05, 3.63) is 65.2 Å². The zero-order valence-electron chi connectivity index (χ0n) is 14.7. The first-order valence-corrected chi connectivity index (χ1v) is 10.6. The van der Waals surface area contributed by atoms with Crippen molar-refractivity contribution in [2.45, 2.75) is 19.3 Å². The lowest BCUT2D eigenvalue weighted by Crippen LogP contribution is -2.32. The van der Waals surface area contributed by atoms with Gasteiger partial charge in [-0.15, -0.1) is 0 Å². The van der Waals surface area contributed by atoms with Crippen molar-refractivity contribution >= 4 is 33.2 Å². The lowest BCUT2D eigenvalue weighted by Gasteiger charge is -2.22. The number of carbonyl (C=O) groups excluding carboxylic acids is 1. The van der Waals surface area contributed by atoms with Gasteiger partial charge in [-0.1, -0.05) is 48.0 Å². The van der Waals surface area contributed by atoms with Crippen molar-refractivity contribution in [2.24, 2.45) is 0 Å². The SMILES string of the molecule is CS(=O)(=O)N(CCCC(=O)NCCc1ccccc1)c1cccc(Cl)c1. The summed E-state index contributed by atoms with van der Waals surface area (Å²) in [6, 6.07) is 16.6. The summed E-state index contributed by atoms with van der Waals surface area (Å²) in [7, 11) is -3.44. The van der Waals surface area contributed by atoms with Crippen LogP contribution in [0.4, 0.5) is 5.69 Å². The van der Waals surface area contributed by atoms with Gasteiger partial charge in [0.05, 0.1) is 11.9 Å². The summed E-state index contributed by atoms with van der Waals surface area (Å²) in [4.78, 5) is 12.0. The molecule has 26 heavy (non-hydrogen) atoms. The number of nitrogens with one attached hydrogen (secondary N) is 1. The zero-order valence-corrected chi connectivity index (χ0v) is 16.3. The predicted octanol–water partition coefficient (Wildman–Crippen LogP) is 3.25. The zero-order chi connectivity index (χ0) is 19.0. The highest BCUT2D eigenvalue weighted by molar-refractivity contribution is 7.92. The molecular formula is C19H23ClN2O3S. The topological polar surface area (TPSA) is 66.5 Å². The lowest BCUT2D eigenvalue weighted by atomic mass is 10.1. The molecule has 0 spiro atoms. The maximum Gasteiger partial charge on any atom is 0.232 e. The average Bonchev–Trinajstić information content (AvgIpc) is 2.58. The number of hydrogen-bond acceptors (Lipinski definition) is 3. The van der Waals surface area contributed by atoms with Crippen molar-refractivity contribution in [1.82, 2.24) is 5.32 Å². The molecule has 0 saturated heterocycles. The van der Waals surface area contributed by atoms with E-state index in [4.69, 9.17) is 11.6 Å². The quantitative estimate of drug-likeness (QED) is 0.709. The van der Waals surface area contributed by atoms with Crippen LogP contribution in [0.2, 0.25) is 5.02 Å². The van der Waals surface area contributed by atoms with E-state index in [-0.39, 0.29) is 18.9 Å². The molecule has 0 aromatic heterocycles. The van der Waals surface area contributed by atoms with Crippen LogP contribution in [0, 0.1) is 0 Å². The molecule has 7 heteroatoms. The van der Waals surface area contributed by atoms with Crippen molar-refractivity contribution < 1.29 is 13.2 Å². The lowest BCUT2D eigenvalue weighted by molar-refractivity contribution is -0.121. The number of benzene rings is 2. The second kappa shape index (κ2) is 9.59. The van der Waals surface area contributed by atoms with Gasteiger partial charge in [0, 0.05) is 24.5 Å². The Balaban J connectivity index is 1.81. The summed E-state index contributed by atoms with van der Waals surface area (Å²) in [5.41, 5.74) is 1.67. The van der Waals surface area contributed by atoms with Crippen LogP contribution in [0.25, 0.3) is 0 Å². The van der Waals surface area contributed by atoms with Gasteiger partial charge in [0.2, 0.25) is 15.9 Å². The smallest absolute Gasteiger partial charge is 0.232 e. The molecule has 1 N–H and O–H groups in total. The van der Waals surface area contributed by atoms with Crippen LogP contribution < -0.4 is 9.62 Å². The van der Waals surface area contributed by atoms with Crippen LogP contribution >= 0.6 is 11.6 Å². The molecule has 2 rings (SSSR count). The fraction of sp³-hybridized carbons (Fsp3) is 0.316. The van der Waals surface area contributed by atoms with Crippen LogP contribution in [-0.2, 0) is 21.2 Å². The average molecular weight is 395 g/mol. The van der Waals surface area contributed by atoms with Gasteiger partial charge < -0.3 is 5.32 Å². The van der Waals surface area contributed by atoms with E-state index in [1.165, 1.54) is 4.31 Å². The van der Waals surface area contributed by atoms with E-state index in [9.17, 15) is 13.2 Å². The first-order valence-electron chi connectivity index (χ1n) is 8.40. The molecule has 0 unspecified atom stereocenters. The highest BCUT2D eigenvalue weighted by Crippen LogP contribution is 2.22. The number of nitrogens with zero attached hydrogens (tertiary/aromatic N) is 1. The fourth-order valence-electron chi connectivity index (χ4n) is 2.58. The molecule has 0 aliphatic rings. The van der Waals surface area contributed by atoms with Gasteiger partial charge in [-0.05, 0) is 36.6 Å². The molecule has 0 aliphatic heterocycles. The number of halogens is 1. The van der Waals surface area contributed by atoms with E-state index in [2.05, 4.69) is 5.32 Å². The van der Waals surface area contributed by atoms with Crippen LogP contribution in [0.1, 0.15) is 18.4 Å². The third-order valence-electron chi connectivity index (χ3n) is 3.84. The Kier molecular flexibility index (Phi) is 7.48. The van der Waals surface area contributed by atoms with Gasteiger partial charge in [-0.25, -0.2) is 8.42 Å². The number of hydrogen-bond donors (Lipinski definition) is 1. The largest absolute Gasteiger partial charge is 0.356 e. The minimum Gasteiger partial charge on any atom is -0.356 e. The molecule has 0 aliphatic carbocycles. The predicted molar refractivity (Wildman–Crippen MR) is 106 cm³/mol. The Morgan fingerprint density at radius 3 is 2.50 bits per heavy atom. The van der Waals surface area contributed by atoms with Crippen molar-refractivity contribution in [3.8, 4) is 0 Å². The summed E-state index contributed by atoms with van der Waals surface area (Å²) >= 11 is 5.95. The number of rotatable bonds is 9. The molecule has 2 aromatic carbocycles. The van der Waals surface area contributed by atoms with E-state index in [1.807, 2.05) is 30.3 Å². The molecule has 0 heterocycles.